The average molecular weight is 684 g/mol. The molecule has 0 spiro atoms. The Balaban J connectivity index is 1.23. The monoisotopic (exact) mass is 683 g/mol. The molecule has 48 heavy (non-hydrogen) atoms. The topological polar surface area (TPSA) is 154 Å². The van der Waals surface area contributed by atoms with E-state index in [1.807, 2.05) is 26.0 Å². The maximum absolute atomic E-state index is 14.2. The van der Waals surface area contributed by atoms with E-state index in [4.69, 9.17) is 4.74 Å². The van der Waals surface area contributed by atoms with Crippen LogP contribution in [0.25, 0.3) is 0 Å². The van der Waals surface area contributed by atoms with Crippen molar-refractivity contribution in [1.29, 1.82) is 0 Å². The van der Waals surface area contributed by atoms with E-state index in [1.54, 1.807) is 4.90 Å². The lowest BCUT2D eigenvalue weighted by molar-refractivity contribution is -0.142. The van der Waals surface area contributed by atoms with Crippen LogP contribution in [0.3, 0.4) is 0 Å². The zero-order valence-electron chi connectivity index (χ0n) is 28.0. The Hall–Kier alpha value is -3.45. The normalized spacial score (nSPS) is 29.8. The Morgan fingerprint density at radius 1 is 1.08 bits per heavy atom. The fraction of sp³-hybridized carbons (Fsp3) is 0.657. The Morgan fingerprint density at radius 2 is 1.81 bits per heavy atom. The second-order valence-corrected chi connectivity index (χ2v) is 16.5. The van der Waals surface area contributed by atoms with Crippen LogP contribution >= 0.6 is 0 Å². The van der Waals surface area contributed by atoms with Crippen LogP contribution in [0.4, 0.5) is 4.79 Å². The van der Waals surface area contributed by atoms with Crippen LogP contribution < -0.4 is 15.4 Å². The summed E-state index contributed by atoms with van der Waals surface area (Å²) in [6.07, 6.45) is 7.70. The van der Waals surface area contributed by atoms with Gasteiger partial charge < -0.3 is 20.3 Å². The Kier molecular flexibility index (Phi) is 9.90. The van der Waals surface area contributed by atoms with Crippen LogP contribution in [-0.4, -0.2) is 84.1 Å². The van der Waals surface area contributed by atoms with Crippen molar-refractivity contribution >= 4 is 33.8 Å². The van der Waals surface area contributed by atoms with E-state index in [1.165, 1.54) is 22.1 Å². The number of rotatable bonds is 7. The van der Waals surface area contributed by atoms with Crippen molar-refractivity contribution in [1.82, 2.24) is 25.2 Å². The highest BCUT2D eigenvalue weighted by Crippen LogP contribution is 2.45. The lowest BCUT2D eigenvalue weighted by Gasteiger charge is -2.31. The van der Waals surface area contributed by atoms with Crippen LogP contribution in [0.15, 0.2) is 30.9 Å². The minimum absolute atomic E-state index is 0.0275. The highest BCUT2D eigenvalue weighted by atomic mass is 32.2. The molecular weight excluding hydrogens is 634 g/mol. The molecule has 1 aromatic rings. The van der Waals surface area contributed by atoms with E-state index >= 15 is 0 Å². The van der Waals surface area contributed by atoms with Crippen molar-refractivity contribution in [2.24, 2.45) is 11.8 Å². The number of amides is 4. The first kappa shape index (κ1) is 34.4. The first-order chi connectivity index (χ1) is 22.9. The van der Waals surface area contributed by atoms with Gasteiger partial charge in [-0.3, -0.25) is 24.0 Å². The second kappa shape index (κ2) is 13.8. The zero-order chi connectivity index (χ0) is 34.2. The molecule has 12 nitrogen and oxygen atoms in total. The number of ether oxygens (including phenoxy) is 1. The van der Waals surface area contributed by atoms with Crippen LogP contribution in [0.2, 0.25) is 0 Å². The molecule has 5 aliphatic rings. The van der Waals surface area contributed by atoms with Gasteiger partial charge in [-0.05, 0) is 67.7 Å². The SMILES string of the molecule is C=C[C@H]1C[C@]1(NC(=O)[C@@H]1C[C@@H]2CN1C(=O)[C@H](C(C)C)NCCCCCCCc1cccc3c1CN(C3)C(=O)O2)C(=O)NS(=O)(=O)C1CC1. The molecule has 2 saturated carbocycles. The van der Waals surface area contributed by atoms with Gasteiger partial charge in [-0.1, -0.05) is 57.4 Å². The average Bonchev–Trinajstić information content (AvgIpc) is 3.93. The van der Waals surface area contributed by atoms with Gasteiger partial charge in [0, 0.05) is 25.4 Å². The zero-order valence-corrected chi connectivity index (χ0v) is 28.9. The quantitative estimate of drug-likeness (QED) is 0.371. The maximum atomic E-state index is 14.2. The second-order valence-electron chi connectivity index (χ2n) is 14.5. The third kappa shape index (κ3) is 7.12. The summed E-state index contributed by atoms with van der Waals surface area (Å²) in [7, 11) is -3.85. The number of hydrogen-bond donors (Lipinski definition) is 3. The number of nitrogens with one attached hydrogen (secondary N) is 3. The molecular formula is C35H49N5O7S. The molecule has 2 aliphatic carbocycles. The van der Waals surface area contributed by atoms with Crippen molar-refractivity contribution in [3.63, 3.8) is 0 Å². The van der Waals surface area contributed by atoms with Crippen molar-refractivity contribution < 1.29 is 32.3 Å². The number of carbonyl (C=O) groups is 4. The first-order valence-corrected chi connectivity index (χ1v) is 19.1. The van der Waals surface area contributed by atoms with Gasteiger partial charge in [0.15, 0.2) is 0 Å². The lowest BCUT2D eigenvalue weighted by Crippen LogP contribution is -2.58. The summed E-state index contributed by atoms with van der Waals surface area (Å²) < 4.78 is 33.4. The third-order valence-electron chi connectivity index (χ3n) is 10.6. The molecule has 3 fully saturated rings. The molecule has 262 valence electrons. The number of hydrogen-bond acceptors (Lipinski definition) is 8. The molecule has 0 radical (unpaired) electrons. The Morgan fingerprint density at radius 3 is 2.52 bits per heavy atom. The van der Waals surface area contributed by atoms with Gasteiger partial charge in [-0.25, -0.2) is 13.2 Å². The number of fused-ring (bicyclic) bond motifs is 3. The lowest BCUT2D eigenvalue weighted by atomic mass is 9.98. The number of benzene rings is 1. The van der Waals surface area contributed by atoms with Gasteiger partial charge in [0.2, 0.25) is 21.8 Å². The van der Waals surface area contributed by atoms with Gasteiger partial charge in [0.1, 0.15) is 17.7 Å². The van der Waals surface area contributed by atoms with Gasteiger partial charge in [0.25, 0.3) is 5.91 Å². The van der Waals surface area contributed by atoms with E-state index in [-0.39, 0.29) is 31.2 Å². The number of sulfonamides is 1. The van der Waals surface area contributed by atoms with Gasteiger partial charge in [0.05, 0.1) is 17.8 Å². The third-order valence-corrected chi connectivity index (χ3v) is 12.4. The molecule has 1 saturated heterocycles. The molecule has 6 rings (SSSR count). The minimum atomic E-state index is -3.85. The molecule has 1 aromatic carbocycles. The summed E-state index contributed by atoms with van der Waals surface area (Å²) in [6.45, 7) is 9.24. The largest absolute Gasteiger partial charge is 0.444 e. The molecule has 13 heteroatoms. The summed E-state index contributed by atoms with van der Waals surface area (Å²) in [4.78, 5) is 58.2. The van der Waals surface area contributed by atoms with Gasteiger partial charge in [-0.15, -0.1) is 6.58 Å². The van der Waals surface area contributed by atoms with E-state index in [0.29, 0.717) is 32.5 Å². The number of aryl methyl sites for hydroxylation is 1. The van der Waals surface area contributed by atoms with Crippen molar-refractivity contribution in [3.8, 4) is 0 Å². The summed E-state index contributed by atoms with van der Waals surface area (Å²) in [5, 5.41) is 5.62. The highest BCUT2D eigenvalue weighted by molar-refractivity contribution is 7.91. The number of carbonyl (C=O) groups excluding carboxylic acids is 4. The summed E-state index contributed by atoms with van der Waals surface area (Å²) in [5.41, 5.74) is 2.06. The van der Waals surface area contributed by atoms with Crippen molar-refractivity contribution in [2.45, 2.75) is 120 Å². The van der Waals surface area contributed by atoms with Crippen molar-refractivity contribution in [3.05, 3.63) is 47.5 Å². The van der Waals surface area contributed by atoms with Crippen LogP contribution in [0, 0.1) is 11.8 Å². The van der Waals surface area contributed by atoms with Gasteiger partial charge >= 0.3 is 6.09 Å². The van der Waals surface area contributed by atoms with Crippen LogP contribution in [0.5, 0.6) is 0 Å². The molecule has 4 bridgehead atoms. The van der Waals surface area contributed by atoms with E-state index < -0.39 is 62.8 Å². The fourth-order valence-electron chi connectivity index (χ4n) is 7.48. The molecule has 4 amide bonds. The fourth-order valence-corrected chi connectivity index (χ4v) is 8.85. The molecule has 3 N–H and O–H groups in total. The highest BCUT2D eigenvalue weighted by Gasteiger charge is 2.62. The molecule has 0 unspecified atom stereocenters. The minimum Gasteiger partial charge on any atom is -0.444 e. The van der Waals surface area contributed by atoms with Crippen LogP contribution in [-0.2, 0) is 48.7 Å². The standard InChI is InChI=1S/C35H49N5O7S/c1-4-25-18-35(25,33(43)38-48(45,46)27-14-15-27)37-31(41)29-17-26-20-40(29)32(42)30(22(2)3)36-16-9-7-5-6-8-11-23-12-10-13-24-19-39(21-28(23)24)34(44)47-26/h4,10,12-13,22,25-27,29-30,36H,1,5-9,11,14-21H2,2-3H3,(H,37,41)(H,38,43)/t25-,26+,29-,30-,35+/m0/s1. The van der Waals surface area contributed by atoms with Crippen molar-refractivity contribution in [2.75, 3.05) is 13.1 Å². The molecule has 5 atom stereocenters. The first-order valence-electron chi connectivity index (χ1n) is 17.5. The molecule has 3 heterocycles. The van der Waals surface area contributed by atoms with E-state index in [9.17, 15) is 27.6 Å². The predicted molar refractivity (Wildman–Crippen MR) is 179 cm³/mol. The number of nitrogens with zero attached hydrogens (tertiary/aromatic N) is 2. The molecule has 3 aliphatic heterocycles. The van der Waals surface area contributed by atoms with Gasteiger partial charge in [-0.2, -0.15) is 0 Å². The summed E-state index contributed by atoms with van der Waals surface area (Å²) in [5.74, 6) is -2.20. The van der Waals surface area contributed by atoms with Crippen LogP contribution in [0.1, 0.15) is 88.3 Å². The van der Waals surface area contributed by atoms with E-state index in [2.05, 4.69) is 28.0 Å². The Bertz CT molecular complexity index is 1560. The smallest absolute Gasteiger partial charge is 0.410 e. The summed E-state index contributed by atoms with van der Waals surface area (Å²) in [6, 6.07) is 4.64. The maximum Gasteiger partial charge on any atom is 0.410 e. The predicted octanol–water partition coefficient (Wildman–Crippen LogP) is 2.90. The summed E-state index contributed by atoms with van der Waals surface area (Å²) >= 11 is 0. The molecule has 0 aromatic heterocycles. The van der Waals surface area contributed by atoms with E-state index in [0.717, 1.165) is 44.1 Å². The Labute approximate surface area is 283 Å².